The van der Waals surface area contributed by atoms with Gasteiger partial charge in [0.05, 0.1) is 6.61 Å². The van der Waals surface area contributed by atoms with E-state index >= 15 is 0 Å². The van der Waals surface area contributed by atoms with Crippen LogP contribution >= 0.6 is 15.9 Å². The largest absolute Gasteiger partial charge is 0.493 e. The molecule has 1 N–H and O–H groups in total. The Morgan fingerprint density at radius 1 is 1.33 bits per heavy atom. The summed E-state index contributed by atoms with van der Waals surface area (Å²) in [5.41, 5.74) is 2.69. The zero-order valence-corrected chi connectivity index (χ0v) is 13.0. The van der Waals surface area contributed by atoms with E-state index in [1.165, 1.54) is 15.6 Å². The predicted molar refractivity (Wildman–Crippen MR) is 79.3 cm³/mol. The molecule has 0 saturated carbocycles. The number of ether oxygens (including phenoxy) is 1. The topological polar surface area (TPSA) is 21.3 Å². The molecule has 1 aromatic carbocycles. The summed E-state index contributed by atoms with van der Waals surface area (Å²) in [7, 11) is 0. The van der Waals surface area contributed by atoms with Crippen LogP contribution in [0.25, 0.3) is 0 Å². The van der Waals surface area contributed by atoms with Gasteiger partial charge in [-0.25, -0.2) is 0 Å². The summed E-state index contributed by atoms with van der Waals surface area (Å²) < 4.78 is 6.94. The zero-order chi connectivity index (χ0) is 13.1. The van der Waals surface area contributed by atoms with Crippen LogP contribution in [-0.2, 0) is 12.8 Å². The summed E-state index contributed by atoms with van der Waals surface area (Å²) in [6.07, 6.45) is 2.11. The molecule has 0 saturated heterocycles. The lowest BCUT2D eigenvalue weighted by molar-refractivity contribution is 0.350. The Morgan fingerprint density at radius 2 is 2.11 bits per heavy atom. The van der Waals surface area contributed by atoms with Gasteiger partial charge in [-0.3, -0.25) is 0 Å². The second kappa shape index (κ2) is 6.07. The first-order valence-corrected chi connectivity index (χ1v) is 7.53. The minimum Gasteiger partial charge on any atom is -0.493 e. The fourth-order valence-corrected chi connectivity index (χ4v) is 2.93. The second-order valence-electron chi connectivity index (χ2n) is 5.52. The van der Waals surface area contributed by atoms with E-state index in [1.807, 2.05) is 0 Å². The number of hydrogen-bond donors (Lipinski definition) is 1. The third-order valence-electron chi connectivity index (χ3n) is 3.27. The van der Waals surface area contributed by atoms with Crippen molar-refractivity contribution in [1.82, 2.24) is 5.32 Å². The molecule has 3 heteroatoms. The lowest BCUT2D eigenvalue weighted by Crippen LogP contribution is -2.28. The van der Waals surface area contributed by atoms with Gasteiger partial charge in [0.1, 0.15) is 5.75 Å². The van der Waals surface area contributed by atoms with Gasteiger partial charge in [0.15, 0.2) is 0 Å². The lowest BCUT2D eigenvalue weighted by Gasteiger charge is -2.17. The van der Waals surface area contributed by atoms with Crippen molar-refractivity contribution in [3.05, 3.63) is 27.7 Å². The van der Waals surface area contributed by atoms with Gasteiger partial charge in [0.2, 0.25) is 0 Å². The van der Waals surface area contributed by atoms with Crippen LogP contribution in [0.3, 0.4) is 0 Å². The van der Waals surface area contributed by atoms with Gasteiger partial charge in [-0.05, 0) is 42.1 Å². The van der Waals surface area contributed by atoms with Crippen LogP contribution in [0.15, 0.2) is 16.6 Å². The van der Waals surface area contributed by atoms with E-state index in [0.29, 0.717) is 12.0 Å². The van der Waals surface area contributed by atoms with E-state index in [2.05, 4.69) is 54.2 Å². The van der Waals surface area contributed by atoms with E-state index in [0.717, 1.165) is 31.7 Å². The van der Waals surface area contributed by atoms with E-state index in [-0.39, 0.29) is 0 Å². The molecule has 1 aliphatic rings. The average molecular weight is 312 g/mol. The highest BCUT2D eigenvalue weighted by molar-refractivity contribution is 9.10. The Bertz CT molecular complexity index is 417. The second-order valence-corrected chi connectivity index (χ2v) is 6.44. The van der Waals surface area contributed by atoms with Gasteiger partial charge >= 0.3 is 0 Å². The first kappa shape index (κ1) is 13.9. The Labute approximate surface area is 118 Å². The van der Waals surface area contributed by atoms with Crippen LogP contribution < -0.4 is 10.1 Å². The van der Waals surface area contributed by atoms with Crippen LogP contribution in [0, 0.1) is 5.92 Å². The molecule has 2 nitrogen and oxygen atoms in total. The minimum absolute atomic E-state index is 0.553. The van der Waals surface area contributed by atoms with Gasteiger partial charge in [0, 0.05) is 16.9 Å². The molecular formula is C15H22BrNO. The Kier molecular flexibility index (Phi) is 4.68. The Morgan fingerprint density at radius 3 is 2.83 bits per heavy atom. The smallest absolute Gasteiger partial charge is 0.125 e. The molecule has 1 atom stereocenters. The van der Waals surface area contributed by atoms with E-state index in [9.17, 15) is 0 Å². The number of rotatable bonds is 5. The van der Waals surface area contributed by atoms with Crippen molar-refractivity contribution in [2.75, 3.05) is 13.2 Å². The molecule has 0 fully saturated rings. The fourth-order valence-electron chi connectivity index (χ4n) is 2.38. The van der Waals surface area contributed by atoms with Gasteiger partial charge in [0.25, 0.3) is 0 Å². The first-order chi connectivity index (χ1) is 8.56. The molecule has 0 amide bonds. The molecule has 100 valence electrons. The van der Waals surface area contributed by atoms with Crippen LogP contribution in [0.2, 0.25) is 0 Å². The number of nitrogens with one attached hydrogen (secondary N) is 1. The van der Waals surface area contributed by atoms with Crippen molar-refractivity contribution in [3.8, 4) is 5.75 Å². The molecule has 1 aromatic rings. The number of hydrogen-bond acceptors (Lipinski definition) is 2. The lowest BCUT2D eigenvalue weighted by atomic mass is 9.98. The predicted octanol–water partition coefficient (Wildman–Crippen LogP) is 3.56. The third kappa shape index (κ3) is 3.48. The molecule has 0 aliphatic carbocycles. The normalized spacial score (nSPS) is 15.6. The maximum absolute atomic E-state index is 5.77. The highest BCUT2D eigenvalue weighted by Crippen LogP contribution is 2.34. The first-order valence-electron chi connectivity index (χ1n) is 6.73. The third-order valence-corrected chi connectivity index (χ3v) is 3.73. The van der Waals surface area contributed by atoms with Crippen molar-refractivity contribution < 1.29 is 4.74 Å². The fraction of sp³-hybridized carbons (Fsp3) is 0.600. The number of benzene rings is 1. The van der Waals surface area contributed by atoms with Crippen molar-refractivity contribution in [3.63, 3.8) is 0 Å². The van der Waals surface area contributed by atoms with E-state index < -0.39 is 0 Å². The summed E-state index contributed by atoms with van der Waals surface area (Å²) in [6, 6.07) is 4.94. The van der Waals surface area contributed by atoms with Crippen molar-refractivity contribution >= 4 is 15.9 Å². The molecule has 1 heterocycles. The van der Waals surface area contributed by atoms with Gasteiger partial charge in [-0.2, -0.15) is 0 Å². The van der Waals surface area contributed by atoms with Gasteiger partial charge < -0.3 is 10.1 Å². The maximum atomic E-state index is 5.77. The Balaban J connectivity index is 2.05. The number of fused-ring (bicyclic) bond motifs is 1. The molecule has 2 rings (SSSR count). The number of halogens is 1. The zero-order valence-electron chi connectivity index (χ0n) is 11.4. The van der Waals surface area contributed by atoms with Crippen LogP contribution in [0.5, 0.6) is 5.75 Å². The van der Waals surface area contributed by atoms with Crippen molar-refractivity contribution in [1.29, 1.82) is 0 Å². The van der Waals surface area contributed by atoms with Gasteiger partial charge in [-0.15, -0.1) is 0 Å². The highest BCUT2D eigenvalue weighted by atomic mass is 79.9. The molecule has 0 spiro atoms. The molecule has 0 bridgehead atoms. The SMILES string of the molecule is CC(CNC(C)C)Cc1cc(Br)cc2c1OCC2. The quantitative estimate of drug-likeness (QED) is 0.897. The molecular weight excluding hydrogens is 290 g/mol. The van der Waals surface area contributed by atoms with Crippen molar-refractivity contribution in [2.24, 2.45) is 5.92 Å². The van der Waals surface area contributed by atoms with E-state index in [4.69, 9.17) is 4.74 Å². The minimum atomic E-state index is 0.553. The highest BCUT2D eigenvalue weighted by Gasteiger charge is 2.18. The maximum Gasteiger partial charge on any atom is 0.125 e. The monoisotopic (exact) mass is 311 g/mol. The van der Waals surface area contributed by atoms with Crippen molar-refractivity contribution in [2.45, 2.75) is 39.7 Å². The summed E-state index contributed by atoms with van der Waals surface area (Å²) >= 11 is 3.60. The summed E-state index contributed by atoms with van der Waals surface area (Å²) in [5, 5.41) is 3.50. The standard InChI is InChI=1S/C15H22BrNO/c1-10(2)17-9-11(3)6-13-8-14(16)7-12-4-5-18-15(12)13/h7-8,10-11,17H,4-6,9H2,1-3H3. The molecule has 18 heavy (non-hydrogen) atoms. The molecule has 0 radical (unpaired) electrons. The molecule has 0 aromatic heterocycles. The Hall–Kier alpha value is -0.540. The summed E-state index contributed by atoms with van der Waals surface area (Å²) in [4.78, 5) is 0. The van der Waals surface area contributed by atoms with Gasteiger partial charge in [-0.1, -0.05) is 36.7 Å². The van der Waals surface area contributed by atoms with Crippen LogP contribution in [-0.4, -0.2) is 19.2 Å². The summed E-state index contributed by atoms with van der Waals surface area (Å²) in [5.74, 6) is 1.75. The molecule has 1 unspecified atom stereocenters. The average Bonchev–Trinajstić information content (AvgIpc) is 2.74. The van der Waals surface area contributed by atoms with Crippen LogP contribution in [0.4, 0.5) is 0 Å². The van der Waals surface area contributed by atoms with E-state index in [1.54, 1.807) is 0 Å². The summed E-state index contributed by atoms with van der Waals surface area (Å²) in [6.45, 7) is 8.55. The molecule has 1 aliphatic heterocycles. The van der Waals surface area contributed by atoms with Crippen LogP contribution in [0.1, 0.15) is 31.9 Å².